The van der Waals surface area contributed by atoms with Crippen molar-refractivity contribution in [2.24, 2.45) is 5.73 Å². The molecule has 22 heavy (non-hydrogen) atoms. The van der Waals surface area contributed by atoms with Gasteiger partial charge < -0.3 is 15.4 Å². The van der Waals surface area contributed by atoms with Crippen LogP contribution in [-0.4, -0.2) is 42.0 Å². The highest BCUT2D eigenvalue weighted by atomic mass is 19.1. The van der Waals surface area contributed by atoms with Gasteiger partial charge in [-0.3, -0.25) is 9.59 Å². The van der Waals surface area contributed by atoms with Crippen molar-refractivity contribution in [3.05, 3.63) is 35.6 Å². The summed E-state index contributed by atoms with van der Waals surface area (Å²) in [5, 5.41) is 0. The molecule has 2 N–H and O–H groups in total. The van der Waals surface area contributed by atoms with E-state index in [1.54, 1.807) is 39.0 Å². The third kappa shape index (κ3) is 2.83. The van der Waals surface area contributed by atoms with Gasteiger partial charge >= 0.3 is 0 Å². The van der Waals surface area contributed by atoms with Crippen LogP contribution in [0.4, 0.5) is 4.39 Å². The zero-order valence-corrected chi connectivity index (χ0v) is 13.1. The predicted molar refractivity (Wildman–Crippen MR) is 79.6 cm³/mol. The van der Waals surface area contributed by atoms with Crippen molar-refractivity contribution in [3.8, 4) is 0 Å². The first-order valence-electron chi connectivity index (χ1n) is 7.17. The van der Waals surface area contributed by atoms with Crippen molar-refractivity contribution < 1.29 is 18.7 Å². The first-order chi connectivity index (χ1) is 10.2. The van der Waals surface area contributed by atoms with Crippen LogP contribution in [0.3, 0.4) is 0 Å². The summed E-state index contributed by atoms with van der Waals surface area (Å²) in [4.78, 5) is 25.9. The molecule has 6 heteroatoms. The molecule has 1 unspecified atom stereocenters. The Hall–Kier alpha value is -1.95. The third-order valence-electron chi connectivity index (χ3n) is 4.16. The molecule has 1 aromatic rings. The number of rotatable bonds is 3. The lowest BCUT2D eigenvalue weighted by molar-refractivity contribution is -0.162. The van der Waals surface area contributed by atoms with Gasteiger partial charge in [-0.1, -0.05) is 18.2 Å². The van der Waals surface area contributed by atoms with E-state index >= 15 is 0 Å². The Kier molecular flexibility index (Phi) is 4.24. The van der Waals surface area contributed by atoms with Gasteiger partial charge in [0, 0.05) is 12.1 Å². The van der Waals surface area contributed by atoms with Crippen LogP contribution < -0.4 is 5.73 Å². The molecule has 0 saturated carbocycles. The summed E-state index contributed by atoms with van der Waals surface area (Å²) in [6.07, 6.45) is 0. The second-order valence-corrected chi connectivity index (χ2v) is 6.28. The largest absolute Gasteiger partial charge is 0.367 e. The summed E-state index contributed by atoms with van der Waals surface area (Å²) >= 11 is 0. The van der Waals surface area contributed by atoms with Crippen molar-refractivity contribution in [3.63, 3.8) is 0 Å². The van der Waals surface area contributed by atoms with Crippen molar-refractivity contribution in [2.45, 2.75) is 31.8 Å². The number of carbonyl (C=O) groups excluding carboxylic acids is 2. The second-order valence-electron chi connectivity index (χ2n) is 6.28. The van der Waals surface area contributed by atoms with E-state index in [0.29, 0.717) is 12.1 Å². The number of benzene rings is 1. The highest BCUT2D eigenvalue weighted by Crippen LogP contribution is 2.30. The molecular formula is C16H21FN2O3. The van der Waals surface area contributed by atoms with E-state index in [1.165, 1.54) is 11.0 Å². The minimum absolute atomic E-state index is 0.0685. The van der Waals surface area contributed by atoms with Gasteiger partial charge in [0.15, 0.2) is 5.60 Å². The van der Waals surface area contributed by atoms with Crippen LogP contribution in [0.15, 0.2) is 24.3 Å². The Labute approximate surface area is 129 Å². The Bertz CT molecular complexity index is 603. The minimum atomic E-state index is -1.21. The fraction of sp³-hybridized carbons (Fsp3) is 0.500. The fourth-order valence-corrected chi connectivity index (χ4v) is 2.67. The standard InChI is InChI=1S/C16H21FN2O3/c1-15(2,11-6-4-5-7-12(11)17)14(21)19-8-9-22-16(3,10-19)13(18)20/h4-7H,8-10H2,1-3H3,(H2,18,20). The molecule has 1 fully saturated rings. The van der Waals surface area contributed by atoms with Crippen molar-refractivity contribution in [1.82, 2.24) is 4.90 Å². The number of nitrogens with two attached hydrogens (primary N) is 1. The molecule has 1 saturated heterocycles. The summed E-state index contributed by atoms with van der Waals surface area (Å²) in [5.41, 5.74) is 3.42. The van der Waals surface area contributed by atoms with Gasteiger partial charge in [0.05, 0.1) is 18.6 Å². The van der Waals surface area contributed by atoms with Gasteiger partial charge in [-0.25, -0.2) is 4.39 Å². The fourth-order valence-electron chi connectivity index (χ4n) is 2.67. The molecule has 120 valence electrons. The van der Waals surface area contributed by atoms with E-state index in [-0.39, 0.29) is 19.1 Å². The lowest BCUT2D eigenvalue weighted by Gasteiger charge is -2.41. The smallest absolute Gasteiger partial charge is 0.251 e. The van der Waals surface area contributed by atoms with Crippen LogP contribution in [0.2, 0.25) is 0 Å². The van der Waals surface area contributed by atoms with Crippen molar-refractivity contribution in [1.29, 1.82) is 0 Å². The maximum atomic E-state index is 14.0. The molecule has 0 radical (unpaired) electrons. The van der Waals surface area contributed by atoms with Crippen molar-refractivity contribution >= 4 is 11.8 Å². The molecule has 1 aliphatic rings. The van der Waals surface area contributed by atoms with E-state index in [4.69, 9.17) is 10.5 Å². The molecule has 0 spiro atoms. The first-order valence-corrected chi connectivity index (χ1v) is 7.17. The lowest BCUT2D eigenvalue weighted by Crippen LogP contribution is -2.60. The quantitative estimate of drug-likeness (QED) is 0.912. The first kappa shape index (κ1) is 16.4. The summed E-state index contributed by atoms with van der Waals surface area (Å²) in [6.45, 7) is 5.54. The number of ether oxygens (including phenoxy) is 1. The minimum Gasteiger partial charge on any atom is -0.367 e. The number of carbonyl (C=O) groups is 2. The SMILES string of the molecule is CC1(C(N)=O)CN(C(=O)C(C)(C)c2ccccc2F)CCO1. The van der Waals surface area contributed by atoms with E-state index < -0.39 is 22.7 Å². The molecule has 0 bridgehead atoms. The second kappa shape index (κ2) is 5.68. The topological polar surface area (TPSA) is 72.6 Å². The maximum Gasteiger partial charge on any atom is 0.251 e. The number of hydrogen-bond donors (Lipinski definition) is 1. The molecular weight excluding hydrogens is 287 g/mol. The number of halogens is 1. The van der Waals surface area contributed by atoms with Crippen LogP contribution in [-0.2, 0) is 19.7 Å². The predicted octanol–water partition coefficient (Wildman–Crippen LogP) is 1.21. The summed E-state index contributed by atoms with van der Waals surface area (Å²) < 4.78 is 19.4. The average molecular weight is 308 g/mol. The van der Waals surface area contributed by atoms with Gasteiger partial charge in [0.25, 0.3) is 5.91 Å². The Morgan fingerprint density at radius 3 is 2.59 bits per heavy atom. The molecule has 1 aliphatic heterocycles. The zero-order valence-electron chi connectivity index (χ0n) is 13.1. The summed E-state index contributed by atoms with van der Waals surface area (Å²) in [6, 6.07) is 6.21. The van der Waals surface area contributed by atoms with Crippen molar-refractivity contribution in [2.75, 3.05) is 19.7 Å². The molecule has 1 aromatic carbocycles. The number of amides is 2. The highest BCUT2D eigenvalue weighted by molar-refractivity contribution is 5.89. The third-order valence-corrected chi connectivity index (χ3v) is 4.16. The van der Waals surface area contributed by atoms with Gasteiger partial charge in [0.2, 0.25) is 5.91 Å². The number of morpholine rings is 1. The van der Waals surface area contributed by atoms with E-state index in [9.17, 15) is 14.0 Å². The van der Waals surface area contributed by atoms with Gasteiger partial charge in [-0.05, 0) is 26.8 Å². The maximum absolute atomic E-state index is 14.0. The number of nitrogens with zero attached hydrogens (tertiary/aromatic N) is 1. The normalized spacial score (nSPS) is 22.5. The molecule has 2 amide bonds. The van der Waals surface area contributed by atoms with E-state index in [0.717, 1.165) is 0 Å². The summed E-state index contributed by atoms with van der Waals surface area (Å²) in [5.74, 6) is -1.30. The Morgan fingerprint density at radius 2 is 2.00 bits per heavy atom. The van der Waals surface area contributed by atoms with Gasteiger partial charge in [-0.15, -0.1) is 0 Å². The Morgan fingerprint density at radius 1 is 1.36 bits per heavy atom. The molecule has 0 aliphatic carbocycles. The molecule has 2 rings (SSSR count). The van der Waals surface area contributed by atoms with Gasteiger partial charge in [0.1, 0.15) is 5.82 Å². The van der Waals surface area contributed by atoms with Crippen LogP contribution in [0.25, 0.3) is 0 Å². The van der Waals surface area contributed by atoms with E-state index in [2.05, 4.69) is 0 Å². The molecule has 1 heterocycles. The van der Waals surface area contributed by atoms with Gasteiger partial charge in [-0.2, -0.15) is 0 Å². The Balaban J connectivity index is 2.27. The lowest BCUT2D eigenvalue weighted by atomic mass is 9.82. The van der Waals surface area contributed by atoms with E-state index in [1.807, 2.05) is 0 Å². The number of primary amides is 1. The van der Waals surface area contributed by atoms with Crippen LogP contribution in [0.1, 0.15) is 26.3 Å². The van der Waals surface area contributed by atoms with Crippen LogP contribution in [0, 0.1) is 5.82 Å². The molecule has 5 nitrogen and oxygen atoms in total. The molecule has 0 aromatic heterocycles. The van der Waals surface area contributed by atoms with Crippen LogP contribution >= 0.6 is 0 Å². The van der Waals surface area contributed by atoms with Crippen LogP contribution in [0.5, 0.6) is 0 Å². The highest BCUT2D eigenvalue weighted by Gasteiger charge is 2.43. The monoisotopic (exact) mass is 308 g/mol. The number of hydrogen-bond acceptors (Lipinski definition) is 3. The average Bonchev–Trinajstić information content (AvgIpc) is 2.46. The zero-order chi connectivity index (χ0) is 16.5. The molecule has 1 atom stereocenters. The summed E-state index contributed by atoms with van der Waals surface area (Å²) in [7, 11) is 0.